The van der Waals surface area contributed by atoms with E-state index >= 15 is 0 Å². The fraction of sp³-hybridized carbons (Fsp3) is 0.333. The lowest BCUT2D eigenvalue weighted by Crippen LogP contribution is -2.31. The van der Waals surface area contributed by atoms with Crippen LogP contribution in [0.4, 0.5) is 0 Å². The molecule has 98 valence electrons. The number of allylic oxidation sites excluding steroid dienone is 1. The minimum atomic E-state index is -0.767. The van der Waals surface area contributed by atoms with E-state index in [0.717, 1.165) is 5.56 Å². The molecule has 2 rings (SSSR count). The van der Waals surface area contributed by atoms with Gasteiger partial charge in [-0.25, -0.2) is 4.79 Å². The first-order chi connectivity index (χ1) is 9.13. The monoisotopic (exact) mass is 257 g/mol. The molecule has 0 heterocycles. The van der Waals surface area contributed by atoms with Crippen molar-refractivity contribution < 1.29 is 14.6 Å². The molecule has 1 atom stereocenters. The van der Waals surface area contributed by atoms with Gasteiger partial charge in [0.25, 0.3) is 0 Å². The number of hydrogen-bond acceptors (Lipinski definition) is 4. The summed E-state index contributed by atoms with van der Waals surface area (Å²) in [6, 6.07) is 11.7. The molecule has 0 unspecified atom stereocenters. The number of ether oxygens (including phenoxy) is 1. The summed E-state index contributed by atoms with van der Waals surface area (Å²) in [7, 11) is 1.27. The minimum absolute atomic E-state index is 0.0358. The molecule has 0 amide bonds. The van der Waals surface area contributed by atoms with E-state index in [1.807, 2.05) is 30.3 Å². The van der Waals surface area contributed by atoms with Gasteiger partial charge in [-0.2, -0.15) is 5.26 Å². The number of nitrogens with zero attached hydrogens (tertiary/aromatic N) is 1. The van der Waals surface area contributed by atoms with E-state index in [9.17, 15) is 15.2 Å². The first kappa shape index (κ1) is 13.2. The fourth-order valence-electron chi connectivity index (χ4n) is 2.45. The van der Waals surface area contributed by atoms with Gasteiger partial charge in [0.15, 0.2) is 0 Å². The summed E-state index contributed by atoms with van der Waals surface area (Å²) in [5.74, 6) is -0.526. The normalized spacial score (nSPS) is 22.7. The van der Waals surface area contributed by atoms with Gasteiger partial charge in [-0.1, -0.05) is 30.3 Å². The van der Waals surface area contributed by atoms with Crippen molar-refractivity contribution in [3.8, 4) is 6.07 Å². The van der Waals surface area contributed by atoms with Crippen molar-refractivity contribution in [1.29, 1.82) is 5.26 Å². The Morgan fingerprint density at radius 3 is 2.68 bits per heavy atom. The number of aliphatic hydroxyl groups excluding tert-OH is 1. The van der Waals surface area contributed by atoms with E-state index in [4.69, 9.17) is 0 Å². The Morgan fingerprint density at radius 2 is 2.11 bits per heavy atom. The molecule has 19 heavy (non-hydrogen) atoms. The lowest BCUT2D eigenvalue weighted by Gasteiger charge is -2.31. The molecule has 0 aromatic heterocycles. The van der Waals surface area contributed by atoms with Crippen molar-refractivity contribution in [3.63, 3.8) is 0 Å². The molecule has 0 saturated carbocycles. The maximum absolute atomic E-state index is 11.7. The van der Waals surface area contributed by atoms with Crippen LogP contribution in [0.1, 0.15) is 24.8 Å². The third-order valence-electron chi connectivity index (χ3n) is 3.59. The number of hydrogen-bond donors (Lipinski definition) is 1. The molecule has 0 saturated heterocycles. The van der Waals surface area contributed by atoms with E-state index in [-0.39, 0.29) is 17.8 Å². The van der Waals surface area contributed by atoms with Crippen LogP contribution in [0.2, 0.25) is 0 Å². The van der Waals surface area contributed by atoms with Gasteiger partial charge >= 0.3 is 5.97 Å². The van der Waals surface area contributed by atoms with Crippen LogP contribution < -0.4 is 0 Å². The summed E-state index contributed by atoms with van der Waals surface area (Å²) < 4.78 is 4.67. The molecule has 1 N–H and O–H groups in total. The molecule has 0 radical (unpaired) electrons. The average Bonchev–Trinajstić information content (AvgIpc) is 2.48. The van der Waals surface area contributed by atoms with Crippen LogP contribution in [-0.2, 0) is 14.9 Å². The van der Waals surface area contributed by atoms with Gasteiger partial charge in [0.1, 0.15) is 5.76 Å². The van der Waals surface area contributed by atoms with Crippen molar-refractivity contribution in [3.05, 3.63) is 47.2 Å². The van der Waals surface area contributed by atoms with Gasteiger partial charge in [0, 0.05) is 12.8 Å². The number of carbonyl (C=O) groups is 1. The third-order valence-corrected chi connectivity index (χ3v) is 3.59. The van der Waals surface area contributed by atoms with E-state index in [1.165, 1.54) is 7.11 Å². The molecule has 0 fully saturated rings. The number of methoxy groups -OCH3 is 1. The summed E-state index contributed by atoms with van der Waals surface area (Å²) in [5, 5.41) is 19.4. The van der Waals surface area contributed by atoms with E-state index < -0.39 is 11.4 Å². The van der Waals surface area contributed by atoms with Crippen molar-refractivity contribution in [2.75, 3.05) is 7.11 Å². The summed E-state index contributed by atoms with van der Waals surface area (Å²) in [6.45, 7) is 0. The van der Waals surface area contributed by atoms with E-state index in [2.05, 4.69) is 10.8 Å². The number of benzene rings is 1. The largest absolute Gasteiger partial charge is 0.512 e. The second kappa shape index (κ2) is 5.15. The van der Waals surface area contributed by atoms with Gasteiger partial charge in [-0.3, -0.25) is 0 Å². The highest BCUT2D eigenvalue weighted by atomic mass is 16.5. The van der Waals surface area contributed by atoms with Crippen LogP contribution in [-0.4, -0.2) is 18.2 Å². The van der Waals surface area contributed by atoms with Crippen molar-refractivity contribution in [2.24, 2.45) is 0 Å². The maximum Gasteiger partial charge on any atom is 0.337 e. The van der Waals surface area contributed by atoms with Crippen LogP contribution in [0.3, 0.4) is 0 Å². The van der Waals surface area contributed by atoms with Crippen molar-refractivity contribution >= 4 is 5.97 Å². The number of nitriles is 1. The molecule has 0 bridgehead atoms. The number of aliphatic hydroxyl groups is 1. The van der Waals surface area contributed by atoms with E-state index in [0.29, 0.717) is 12.8 Å². The summed E-state index contributed by atoms with van der Waals surface area (Å²) in [6.07, 6.45) is 0.999. The Labute approximate surface area is 111 Å². The molecule has 4 nitrogen and oxygen atoms in total. The number of esters is 1. The van der Waals surface area contributed by atoms with Gasteiger partial charge < -0.3 is 9.84 Å². The highest BCUT2D eigenvalue weighted by Gasteiger charge is 2.40. The quantitative estimate of drug-likeness (QED) is 0.827. The van der Waals surface area contributed by atoms with Gasteiger partial charge in [0.2, 0.25) is 0 Å². The maximum atomic E-state index is 11.7. The van der Waals surface area contributed by atoms with Gasteiger partial charge in [0.05, 0.1) is 24.2 Å². The van der Waals surface area contributed by atoms with Crippen LogP contribution in [0.25, 0.3) is 0 Å². The number of carbonyl (C=O) groups excluding carboxylic acids is 1. The molecule has 1 aliphatic rings. The molecular formula is C15H15NO3. The zero-order valence-corrected chi connectivity index (χ0v) is 10.7. The highest BCUT2D eigenvalue weighted by molar-refractivity contribution is 5.89. The summed E-state index contributed by atoms with van der Waals surface area (Å²) >= 11 is 0. The predicted molar refractivity (Wildman–Crippen MR) is 69.3 cm³/mol. The van der Waals surface area contributed by atoms with Crippen molar-refractivity contribution in [1.82, 2.24) is 0 Å². The topological polar surface area (TPSA) is 70.3 Å². The third kappa shape index (κ3) is 2.32. The van der Waals surface area contributed by atoms with Crippen LogP contribution in [0.15, 0.2) is 41.7 Å². The second-order valence-corrected chi connectivity index (χ2v) is 4.65. The molecular weight excluding hydrogens is 242 g/mol. The Hall–Kier alpha value is -2.28. The second-order valence-electron chi connectivity index (χ2n) is 4.65. The molecule has 1 aromatic rings. The molecule has 1 aliphatic carbocycles. The van der Waals surface area contributed by atoms with E-state index in [1.54, 1.807) is 0 Å². The first-order valence-corrected chi connectivity index (χ1v) is 6.09. The smallest absolute Gasteiger partial charge is 0.337 e. The lowest BCUT2D eigenvalue weighted by molar-refractivity contribution is -0.136. The van der Waals surface area contributed by atoms with Gasteiger partial charge in [-0.05, 0) is 12.0 Å². The Morgan fingerprint density at radius 1 is 1.42 bits per heavy atom. The van der Waals surface area contributed by atoms with Crippen molar-refractivity contribution in [2.45, 2.75) is 24.7 Å². The highest BCUT2D eigenvalue weighted by Crippen LogP contribution is 2.41. The molecule has 0 aliphatic heterocycles. The Bertz CT molecular complexity index is 557. The Kier molecular flexibility index (Phi) is 3.57. The fourth-order valence-corrected chi connectivity index (χ4v) is 2.45. The zero-order chi connectivity index (χ0) is 13.9. The standard InChI is InChI=1S/C15H15NO3/c1-19-14(18)12-9-15(10-16,8-7-13(12)17)11-5-3-2-4-6-11/h2-6,17H,7-9H2,1H3/t15-/m0/s1. The van der Waals surface area contributed by atoms with Crippen LogP contribution in [0, 0.1) is 11.3 Å². The summed E-state index contributed by atoms with van der Waals surface area (Å²) in [5.41, 5.74) is 0.308. The molecule has 0 spiro atoms. The zero-order valence-electron chi connectivity index (χ0n) is 10.7. The Balaban J connectivity index is 2.42. The predicted octanol–water partition coefficient (Wildman–Crippen LogP) is 2.62. The average molecular weight is 257 g/mol. The lowest BCUT2D eigenvalue weighted by atomic mass is 9.70. The van der Waals surface area contributed by atoms with Crippen LogP contribution >= 0.6 is 0 Å². The summed E-state index contributed by atoms with van der Waals surface area (Å²) in [4.78, 5) is 11.7. The SMILES string of the molecule is COC(=O)C1=C(O)CC[C@](C#N)(c2ccccc2)C1. The minimum Gasteiger partial charge on any atom is -0.512 e. The number of rotatable bonds is 2. The molecule has 1 aromatic carbocycles. The first-order valence-electron chi connectivity index (χ1n) is 6.09. The molecule has 4 heteroatoms. The van der Waals surface area contributed by atoms with Gasteiger partial charge in [-0.15, -0.1) is 0 Å². The van der Waals surface area contributed by atoms with Crippen LogP contribution in [0.5, 0.6) is 0 Å².